The Bertz CT molecular complexity index is 545. The number of hydrogen-bond donors (Lipinski definition) is 1. The SMILES string of the molecule is CC(N)c1cc(Cl)ccc1OCCSc1ccccc1. The molecule has 106 valence electrons. The third-order valence-electron chi connectivity index (χ3n) is 2.82. The lowest BCUT2D eigenvalue weighted by Gasteiger charge is -2.14. The molecule has 0 bridgehead atoms. The van der Waals surface area contributed by atoms with Gasteiger partial charge >= 0.3 is 0 Å². The molecule has 0 aromatic heterocycles. The molecule has 0 aliphatic rings. The van der Waals surface area contributed by atoms with Gasteiger partial charge in [0, 0.05) is 27.3 Å². The molecule has 2 aromatic rings. The van der Waals surface area contributed by atoms with Crippen LogP contribution < -0.4 is 10.5 Å². The van der Waals surface area contributed by atoms with E-state index in [0.29, 0.717) is 11.6 Å². The average Bonchev–Trinajstić information content (AvgIpc) is 2.45. The molecule has 0 saturated heterocycles. The fraction of sp³-hybridized carbons (Fsp3) is 0.250. The van der Waals surface area contributed by atoms with Gasteiger partial charge in [-0.2, -0.15) is 0 Å². The minimum absolute atomic E-state index is 0.0922. The van der Waals surface area contributed by atoms with Gasteiger partial charge in [-0.25, -0.2) is 0 Å². The number of ether oxygens (including phenoxy) is 1. The molecule has 0 radical (unpaired) electrons. The van der Waals surface area contributed by atoms with Gasteiger partial charge in [0.2, 0.25) is 0 Å². The van der Waals surface area contributed by atoms with Gasteiger partial charge in [0.1, 0.15) is 5.75 Å². The zero-order valence-corrected chi connectivity index (χ0v) is 13.0. The summed E-state index contributed by atoms with van der Waals surface area (Å²) in [6.07, 6.45) is 0. The Labute approximate surface area is 129 Å². The molecule has 0 heterocycles. The van der Waals surface area contributed by atoms with Gasteiger partial charge in [-0.3, -0.25) is 0 Å². The lowest BCUT2D eigenvalue weighted by Crippen LogP contribution is -2.09. The van der Waals surface area contributed by atoms with E-state index in [9.17, 15) is 0 Å². The Morgan fingerprint density at radius 3 is 2.65 bits per heavy atom. The van der Waals surface area contributed by atoms with Crippen molar-refractivity contribution in [3.8, 4) is 5.75 Å². The molecule has 1 atom stereocenters. The summed E-state index contributed by atoms with van der Waals surface area (Å²) >= 11 is 7.76. The highest BCUT2D eigenvalue weighted by molar-refractivity contribution is 7.99. The van der Waals surface area contributed by atoms with Crippen molar-refractivity contribution >= 4 is 23.4 Å². The Kier molecular flexibility index (Phi) is 5.77. The maximum Gasteiger partial charge on any atom is 0.124 e. The van der Waals surface area contributed by atoms with Crippen molar-refractivity contribution in [2.24, 2.45) is 5.73 Å². The molecule has 0 fully saturated rings. The summed E-state index contributed by atoms with van der Waals surface area (Å²) in [7, 11) is 0. The molecular weight excluding hydrogens is 290 g/mol. The lowest BCUT2D eigenvalue weighted by atomic mass is 10.1. The molecule has 0 spiro atoms. The van der Waals surface area contributed by atoms with Crippen LogP contribution in [0.15, 0.2) is 53.4 Å². The summed E-state index contributed by atoms with van der Waals surface area (Å²) in [6, 6.07) is 15.8. The molecule has 2 nitrogen and oxygen atoms in total. The molecule has 1 unspecified atom stereocenters. The van der Waals surface area contributed by atoms with Gasteiger partial charge in [-0.1, -0.05) is 29.8 Å². The molecule has 20 heavy (non-hydrogen) atoms. The van der Waals surface area contributed by atoms with Gasteiger partial charge in [0.05, 0.1) is 6.61 Å². The van der Waals surface area contributed by atoms with Crippen LogP contribution in [-0.2, 0) is 0 Å². The average molecular weight is 308 g/mol. The fourth-order valence-electron chi connectivity index (χ4n) is 1.83. The van der Waals surface area contributed by atoms with E-state index in [0.717, 1.165) is 17.1 Å². The Hall–Kier alpha value is -1.16. The molecule has 2 N–H and O–H groups in total. The molecule has 2 rings (SSSR count). The third-order valence-corrected chi connectivity index (χ3v) is 4.03. The zero-order chi connectivity index (χ0) is 14.4. The van der Waals surface area contributed by atoms with Crippen LogP contribution in [0.1, 0.15) is 18.5 Å². The van der Waals surface area contributed by atoms with E-state index >= 15 is 0 Å². The van der Waals surface area contributed by atoms with Gasteiger partial charge < -0.3 is 10.5 Å². The van der Waals surface area contributed by atoms with E-state index in [-0.39, 0.29) is 6.04 Å². The molecule has 0 saturated carbocycles. The second kappa shape index (κ2) is 7.58. The summed E-state index contributed by atoms with van der Waals surface area (Å²) in [5.74, 6) is 1.71. The second-order valence-electron chi connectivity index (χ2n) is 4.48. The number of halogens is 1. The van der Waals surface area contributed by atoms with Crippen LogP contribution in [0.5, 0.6) is 5.75 Å². The van der Waals surface area contributed by atoms with E-state index in [1.807, 2.05) is 43.3 Å². The lowest BCUT2D eigenvalue weighted by molar-refractivity contribution is 0.338. The number of nitrogens with two attached hydrogens (primary N) is 1. The summed E-state index contributed by atoms with van der Waals surface area (Å²) in [4.78, 5) is 1.25. The van der Waals surface area contributed by atoms with Crippen molar-refractivity contribution < 1.29 is 4.74 Å². The molecule has 0 aliphatic heterocycles. The first-order valence-electron chi connectivity index (χ1n) is 6.52. The van der Waals surface area contributed by atoms with Crippen LogP contribution in [0.25, 0.3) is 0 Å². The van der Waals surface area contributed by atoms with E-state index in [1.165, 1.54) is 4.90 Å². The van der Waals surface area contributed by atoms with Crippen LogP contribution in [0.2, 0.25) is 5.02 Å². The number of benzene rings is 2. The van der Waals surface area contributed by atoms with Crippen LogP contribution in [0.4, 0.5) is 0 Å². The topological polar surface area (TPSA) is 35.2 Å². The molecule has 2 aromatic carbocycles. The number of hydrogen-bond acceptors (Lipinski definition) is 3. The van der Waals surface area contributed by atoms with E-state index in [2.05, 4.69) is 12.1 Å². The molecule has 0 aliphatic carbocycles. The standard InChI is InChI=1S/C16H18ClNOS/c1-12(18)15-11-13(17)7-8-16(15)19-9-10-20-14-5-3-2-4-6-14/h2-8,11-12H,9-10,18H2,1H3. The zero-order valence-electron chi connectivity index (χ0n) is 11.4. The van der Waals surface area contributed by atoms with Gasteiger partial charge in [0.15, 0.2) is 0 Å². The number of thioether (sulfide) groups is 1. The summed E-state index contributed by atoms with van der Waals surface area (Å²) in [5.41, 5.74) is 6.88. The van der Waals surface area contributed by atoms with Crippen molar-refractivity contribution in [1.29, 1.82) is 0 Å². The van der Waals surface area contributed by atoms with Crippen molar-refractivity contribution in [3.63, 3.8) is 0 Å². The Morgan fingerprint density at radius 2 is 1.95 bits per heavy atom. The smallest absolute Gasteiger partial charge is 0.124 e. The van der Waals surface area contributed by atoms with Crippen molar-refractivity contribution in [1.82, 2.24) is 0 Å². The maximum atomic E-state index is 5.99. The molecule has 4 heteroatoms. The van der Waals surface area contributed by atoms with Crippen molar-refractivity contribution in [3.05, 3.63) is 59.1 Å². The van der Waals surface area contributed by atoms with E-state index in [1.54, 1.807) is 11.8 Å². The van der Waals surface area contributed by atoms with E-state index < -0.39 is 0 Å². The summed E-state index contributed by atoms with van der Waals surface area (Å²) in [5, 5.41) is 0.684. The van der Waals surface area contributed by atoms with Crippen molar-refractivity contribution in [2.75, 3.05) is 12.4 Å². The third kappa shape index (κ3) is 4.44. The monoisotopic (exact) mass is 307 g/mol. The minimum atomic E-state index is -0.0922. The second-order valence-corrected chi connectivity index (χ2v) is 6.09. The summed E-state index contributed by atoms with van der Waals surface area (Å²) in [6.45, 7) is 2.57. The predicted octanol–water partition coefficient (Wildman–Crippen LogP) is 4.53. The highest BCUT2D eigenvalue weighted by Crippen LogP contribution is 2.27. The molecule has 0 amide bonds. The Balaban J connectivity index is 1.88. The first-order chi connectivity index (χ1) is 9.66. The van der Waals surface area contributed by atoms with Gasteiger partial charge in [-0.15, -0.1) is 11.8 Å². The highest BCUT2D eigenvalue weighted by atomic mass is 35.5. The van der Waals surface area contributed by atoms with Crippen LogP contribution in [0.3, 0.4) is 0 Å². The predicted molar refractivity (Wildman–Crippen MR) is 86.7 cm³/mol. The fourth-order valence-corrected chi connectivity index (χ4v) is 2.77. The van der Waals surface area contributed by atoms with E-state index in [4.69, 9.17) is 22.1 Å². The minimum Gasteiger partial charge on any atom is -0.492 e. The maximum absolute atomic E-state index is 5.99. The first-order valence-corrected chi connectivity index (χ1v) is 7.89. The quantitative estimate of drug-likeness (QED) is 0.629. The number of rotatable bonds is 6. The largest absolute Gasteiger partial charge is 0.492 e. The first kappa shape index (κ1) is 15.2. The van der Waals surface area contributed by atoms with Gasteiger partial charge in [0.25, 0.3) is 0 Å². The highest BCUT2D eigenvalue weighted by Gasteiger charge is 2.08. The molecular formula is C16H18ClNOS. The van der Waals surface area contributed by atoms with Crippen molar-refractivity contribution in [2.45, 2.75) is 17.9 Å². The summed E-state index contributed by atoms with van der Waals surface area (Å²) < 4.78 is 5.82. The normalized spacial score (nSPS) is 12.2. The Morgan fingerprint density at radius 1 is 1.20 bits per heavy atom. The van der Waals surface area contributed by atoms with Crippen LogP contribution >= 0.6 is 23.4 Å². The van der Waals surface area contributed by atoms with Gasteiger partial charge in [-0.05, 0) is 37.3 Å². The van der Waals surface area contributed by atoms with Crippen LogP contribution in [0, 0.1) is 0 Å². The van der Waals surface area contributed by atoms with Crippen LogP contribution in [-0.4, -0.2) is 12.4 Å².